The van der Waals surface area contributed by atoms with Gasteiger partial charge in [-0.1, -0.05) is 71.0 Å². The van der Waals surface area contributed by atoms with Crippen LogP contribution >= 0.6 is 0 Å². The van der Waals surface area contributed by atoms with E-state index >= 15 is 0 Å². The fourth-order valence-electron chi connectivity index (χ4n) is 5.39. The summed E-state index contributed by atoms with van der Waals surface area (Å²) in [5, 5.41) is 17.2. The highest BCUT2D eigenvalue weighted by atomic mass is 16.5. The number of nitrogens with zero attached hydrogens (tertiary/aromatic N) is 5. The molecule has 0 spiro atoms. The van der Waals surface area contributed by atoms with Gasteiger partial charge in [-0.25, -0.2) is 4.68 Å². The van der Waals surface area contributed by atoms with E-state index in [4.69, 9.17) is 9.47 Å². The number of amides is 2. The van der Waals surface area contributed by atoms with Crippen LogP contribution in [0.4, 0.5) is 11.4 Å². The van der Waals surface area contributed by atoms with Gasteiger partial charge >= 0.3 is 0 Å². The molecule has 5 rings (SSSR count). The molecule has 242 valence electrons. The van der Waals surface area contributed by atoms with E-state index in [9.17, 15) is 9.59 Å². The average molecular weight is 625 g/mol. The van der Waals surface area contributed by atoms with E-state index in [1.807, 2.05) is 38.1 Å². The third kappa shape index (κ3) is 6.34. The number of hydrazone groups is 1. The van der Waals surface area contributed by atoms with Gasteiger partial charge in [-0.3, -0.25) is 9.59 Å². The van der Waals surface area contributed by atoms with Crippen molar-refractivity contribution in [3.05, 3.63) is 77.4 Å². The summed E-state index contributed by atoms with van der Waals surface area (Å²) in [4.78, 5) is 26.6. The smallest absolute Gasteiger partial charge is 0.282 e. The number of carbonyl (C=O) groups excluding carboxylic acids is 2. The Kier molecular flexibility index (Phi) is 9.19. The summed E-state index contributed by atoms with van der Waals surface area (Å²) in [6.45, 7) is 17.2. The summed E-state index contributed by atoms with van der Waals surface area (Å²) in [6.07, 6.45) is 1.95. The first-order chi connectivity index (χ1) is 21.9. The molecule has 1 N–H and O–H groups in total. The summed E-state index contributed by atoms with van der Waals surface area (Å²) in [7, 11) is 0. The maximum atomic E-state index is 13.7. The van der Waals surface area contributed by atoms with Gasteiger partial charge in [-0.2, -0.15) is 5.01 Å². The summed E-state index contributed by atoms with van der Waals surface area (Å²) in [5.74, 6) is 0.356. The van der Waals surface area contributed by atoms with Crippen molar-refractivity contribution in [3.8, 4) is 5.75 Å². The zero-order valence-electron chi connectivity index (χ0n) is 28.0. The van der Waals surface area contributed by atoms with Crippen molar-refractivity contribution in [2.45, 2.75) is 85.1 Å². The first-order valence-corrected chi connectivity index (χ1v) is 15.9. The molecule has 0 aliphatic carbocycles. The van der Waals surface area contributed by atoms with Crippen LogP contribution in [0.15, 0.2) is 65.8 Å². The van der Waals surface area contributed by atoms with Gasteiger partial charge in [0.1, 0.15) is 11.3 Å². The van der Waals surface area contributed by atoms with Gasteiger partial charge in [0.15, 0.2) is 6.61 Å². The third-order valence-corrected chi connectivity index (χ3v) is 9.13. The van der Waals surface area contributed by atoms with E-state index < -0.39 is 6.04 Å². The number of carbonyl (C=O) groups is 2. The van der Waals surface area contributed by atoms with Gasteiger partial charge in [-0.15, -0.1) is 10.2 Å². The molecule has 46 heavy (non-hydrogen) atoms. The highest BCUT2D eigenvalue weighted by Gasteiger charge is 2.41. The van der Waals surface area contributed by atoms with Crippen molar-refractivity contribution in [1.82, 2.24) is 15.0 Å². The van der Waals surface area contributed by atoms with Crippen molar-refractivity contribution in [1.29, 1.82) is 0 Å². The Hall–Kier alpha value is -4.73. The van der Waals surface area contributed by atoms with Crippen LogP contribution in [0.25, 0.3) is 11.0 Å². The molecule has 0 bridgehead atoms. The van der Waals surface area contributed by atoms with Crippen molar-refractivity contribution >= 4 is 40.1 Å². The first kappa shape index (κ1) is 32.7. The number of hydrogen-bond acceptors (Lipinski definition) is 7. The minimum Gasteiger partial charge on any atom is -0.483 e. The lowest BCUT2D eigenvalue weighted by molar-refractivity contribution is -0.120. The summed E-state index contributed by atoms with van der Waals surface area (Å²) in [6, 6.07) is 18.1. The van der Waals surface area contributed by atoms with Crippen molar-refractivity contribution in [2.24, 2.45) is 5.10 Å². The van der Waals surface area contributed by atoms with Gasteiger partial charge < -0.3 is 14.8 Å². The molecule has 3 aromatic carbocycles. The number of nitrogens with one attached hydrogen (secondary N) is 1. The van der Waals surface area contributed by atoms with Gasteiger partial charge in [0, 0.05) is 11.3 Å². The number of hydrogen-bond donors (Lipinski definition) is 1. The maximum Gasteiger partial charge on any atom is 0.282 e. The molecule has 1 aliphatic rings. The molecule has 1 unspecified atom stereocenters. The normalized spacial score (nSPS) is 15.3. The second-order valence-electron chi connectivity index (χ2n) is 13.0. The second-order valence-corrected chi connectivity index (χ2v) is 13.0. The first-order valence-electron chi connectivity index (χ1n) is 15.9. The number of anilines is 2. The fraction of sp³-hybridized carbons (Fsp3) is 0.417. The summed E-state index contributed by atoms with van der Waals surface area (Å²) >= 11 is 0. The molecule has 1 aliphatic heterocycles. The van der Waals surface area contributed by atoms with E-state index in [1.54, 1.807) is 28.9 Å². The van der Waals surface area contributed by atoms with Crippen LogP contribution in [-0.2, 0) is 25.2 Å². The van der Waals surface area contributed by atoms with Crippen LogP contribution in [-0.4, -0.2) is 45.9 Å². The molecule has 1 aromatic heterocycles. The molecule has 1 atom stereocenters. The Labute approximate surface area is 270 Å². The van der Waals surface area contributed by atoms with Crippen molar-refractivity contribution < 1.29 is 19.1 Å². The van der Waals surface area contributed by atoms with E-state index in [0.29, 0.717) is 23.7 Å². The number of aryl methyl sites for hydroxylation is 1. The quantitative estimate of drug-likeness (QED) is 0.191. The lowest BCUT2D eigenvalue weighted by Crippen LogP contribution is -2.31. The lowest BCUT2D eigenvalue weighted by Gasteiger charge is -2.30. The Balaban J connectivity index is 1.28. The zero-order chi connectivity index (χ0) is 33.2. The number of ether oxygens (including phenoxy) is 2. The van der Waals surface area contributed by atoms with Gasteiger partial charge in [0.05, 0.1) is 17.8 Å². The standard InChI is InChI=1S/C36H44N6O4/c1-9-35(5,6)24-15-20-29(27(21-24)36(7,8)10-2)46-22-30(43)37-25-16-18-26(19-17-25)41-34(44)32(33(39-41)45-11-3)42-28-14-12-13-23(4)31(28)38-40-42/h12-21,32H,9-11,22H2,1-8H3,(H,37,43). The Morgan fingerprint density at radius 1 is 0.935 bits per heavy atom. The molecule has 2 amide bonds. The van der Waals surface area contributed by atoms with Crippen LogP contribution < -0.4 is 15.1 Å². The number of fused-ring (bicyclic) bond motifs is 1. The monoisotopic (exact) mass is 624 g/mol. The van der Waals surface area contributed by atoms with E-state index in [0.717, 1.165) is 35.0 Å². The molecule has 0 radical (unpaired) electrons. The Morgan fingerprint density at radius 2 is 1.65 bits per heavy atom. The van der Waals surface area contributed by atoms with Crippen LogP contribution in [0.5, 0.6) is 5.75 Å². The number of benzene rings is 3. The summed E-state index contributed by atoms with van der Waals surface area (Å²) in [5.41, 5.74) is 5.79. The van der Waals surface area contributed by atoms with Crippen LogP contribution in [0, 0.1) is 6.92 Å². The SMILES string of the molecule is CCOC1=NN(c2ccc(NC(=O)COc3ccc(C(C)(C)CC)cc3C(C)(C)CC)cc2)C(=O)C1n1nnc2c(C)cccc21. The van der Waals surface area contributed by atoms with Gasteiger partial charge in [0.2, 0.25) is 11.9 Å². The Bertz CT molecular complexity index is 1770. The molecule has 10 nitrogen and oxygen atoms in total. The topological polar surface area (TPSA) is 111 Å². The minimum atomic E-state index is -0.882. The maximum absolute atomic E-state index is 13.7. The van der Waals surface area contributed by atoms with E-state index in [-0.39, 0.29) is 35.1 Å². The highest BCUT2D eigenvalue weighted by Crippen LogP contribution is 2.38. The summed E-state index contributed by atoms with van der Waals surface area (Å²) < 4.78 is 13.4. The predicted molar refractivity (Wildman–Crippen MR) is 181 cm³/mol. The Morgan fingerprint density at radius 3 is 2.33 bits per heavy atom. The molecule has 0 fully saturated rings. The van der Waals surface area contributed by atoms with E-state index in [2.05, 4.69) is 74.4 Å². The largest absolute Gasteiger partial charge is 0.483 e. The molecule has 0 saturated heterocycles. The molecular weight excluding hydrogens is 580 g/mol. The molecular formula is C36H44N6O4. The zero-order valence-corrected chi connectivity index (χ0v) is 28.0. The minimum absolute atomic E-state index is 0.0427. The van der Waals surface area contributed by atoms with Gasteiger partial charge in [-0.05, 0) is 85.0 Å². The van der Waals surface area contributed by atoms with Crippen molar-refractivity contribution in [2.75, 3.05) is 23.5 Å². The number of aromatic nitrogens is 3. The molecule has 0 saturated carbocycles. The fourth-order valence-corrected chi connectivity index (χ4v) is 5.39. The molecule has 10 heteroatoms. The lowest BCUT2D eigenvalue weighted by atomic mass is 9.76. The van der Waals surface area contributed by atoms with Crippen LogP contribution in [0.1, 0.15) is 84.0 Å². The predicted octanol–water partition coefficient (Wildman–Crippen LogP) is 7.07. The van der Waals surface area contributed by atoms with Crippen molar-refractivity contribution in [3.63, 3.8) is 0 Å². The highest BCUT2D eigenvalue weighted by molar-refractivity contribution is 6.15. The van der Waals surface area contributed by atoms with Crippen LogP contribution in [0.2, 0.25) is 0 Å². The molecule has 2 heterocycles. The third-order valence-electron chi connectivity index (χ3n) is 9.13. The van der Waals surface area contributed by atoms with Crippen LogP contribution in [0.3, 0.4) is 0 Å². The number of rotatable bonds is 11. The molecule has 4 aromatic rings. The van der Waals surface area contributed by atoms with E-state index in [1.165, 1.54) is 10.6 Å². The average Bonchev–Trinajstić information content (AvgIpc) is 3.61. The van der Waals surface area contributed by atoms with Gasteiger partial charge in [0.25, 0.3) is 11.8 Å². The second kappa shape index (κ2) is 12.9.